The van der Waals surface area contributed by atoms with Crippen LogP contribution < -0.4 is 10.6 Å². The molecule has 5 nitrogen and oxygen atoms in total. The molecule has 27 heavy (non-hydrogen) atoms. The van der Waals surface area contributed by atoms with Crippen molar-refractivity contribution in [2.45, 2.75) is 19.1 Å². The number of benzene rings is 1. The van der Waals surface area contributed by atoms with E-state index in [1.807, 2.05) is 36.4 Å². The Balaban J connectivity index is 1.45. The first-order valence-electron chi connectivity index (χ1n) is 8.84. The van der Waals surface area contributed by atoms with Crippen LogP contribution in [0.5, 0.6) is 0 Å². The average molecular weight is 400 g/mol. The molecule has 2 aliphatic rings. The van der Waals surface area contributed by atoms with Crippen LogP contribution in [0.4, 0.5) is 5.00 Å². The van der Waals surface area contributed by atoms with E-state index in [2.05, 4.69) is 22.6 Å². The minimum Gasteiger partial charge on any atom is -0.457 e. The van der Waals surface area contributed by atoms with Crippen molar-refractivity contribution in [1.82, 2.24) is 10.2 Å². The van der Waals surface area contributed by atoms with Crippen LogP contribution in [0.25, 0.3) is 11.3 Å². The first kappa shape index (κ1) is 16.9. The van der Waals surface area contributed by atoms with Gasteiger partial charge >= 0.3 is 0 Å². The highest BCUT2D eigenvalue weighted by Crippen LogP contribution is 2.41. The quantitative estimate of drug-likeness (QED) is 0.666. The lowest BCUT2D eigenvalue weighted by molar-refractivity contribution is 0.0930. The fourth-order valence-electron chi connectivity index (χ4n) is 3.69. The van der Waals surface area contributed by atoms with Crippen LogP contribution in [0.3, 0.4) is 0 Å². The van der Waals surface area contributed by atoms with Gasteiger partial charge < -0.3 is 20.0 Å². The van der Waals surface area contributed by atoms with E-state index < -0.39 is 0 Å². The maximum atomic E-state index is 12.8. The zero-order chi connectivity index (χ0) is 18.5. The van der Waals surface area contributed by atoms with Crippen molar-refractivity contribution in [3.05, 3.63) is 63.2 Å². The molecule has 2 aromatic heterocycles. The Morgan fingerprint density at radius 1 is 1.26 bits per heavy atom. The summed E-state index contributed by atoms with van der Waals surface area (Å²) < 4.78 is 6.01. The fourth-order valence-corrected chi connectivity index (χ4v) is 5.23. The van der Waals surface area contributed by atoms with Crippen LogP contribution in [0.2, 0.25) is 5.02 Å². The minimum atomic E-state index is -0.379. The van der Waals surface area contributed by atoms with Crippen LogP contribution >= 0.6 is 22.9 Å². The van der Waals surface area contributed by atoms with Gasteiger partial charge in [-0.2, -0.15) is 0 Å². The Hall–Kier alpha value is -2.28. The molecule has 7 heteroatoms. The minimum absolute atomic E-state index is 0.0310. The van der Waals surface area contributed by atoms with Crippen molar-refractivity contribution in [1.29, 1.82) is 0 Å². The van der Waals surface area contributed by atoms with Crippen LogP contribution in [0.15, 0.2) is 40.8 Å². The molecule has 0 fully saturated rings. The molecule has 0 radical (unpaired) electrons. The molecule has 3 aromatic rings. The second kappa shape index (κ2) is 6.41. The topological polar surface area (TPSA) is 57.5 Å². The Bertz CT molecular complexity index is 1040. The van der Waals surface area contributed by atoms with E-state index in [-0.39, 0.29) is 12.1 Å². The summed E-state index contributed by atoms with van der Waals surface area (Å²) >= 11 is 7.75. The summed E-state index contributed by atoms with van der Waals surface area (Å²) in [5.41, 5.74) is 2.91. The zero-order valence-corrected chi connectivity index (χ0v) is 16.3. The molecule has 0 aliphatic carbocycles. The number of furan rings is 1. The average Bonchev–Trinajstić information content (AvgIpc) is 3.26. The number of nitrogens with zero attached hydrogens (tertiary/aromatic N) is 1. The van der Waals surface area contributed by atoms with Crippen molar-refractivity contribution >= 4 is 33.8 Å². The number of anilines is 1. The van der Waals surface area contributed by atoms with Gasteiger partial charge in [-0.3, -0.25) is 4.79 Å². The molecule has 1 amide bonds. The number of carbonyl (C=O) groups is 1. The number of fused-ring (bicyclic) bond motifs is 3. The second-order valence-corrected chi connectivity index (χ2v) is 8.50. The van der Waals surface area contributed by atoms with Gasteiger partial charge in [-0.05, 0) is 43.3 Å². The van der Waals surface area contributed by atoms with Crippen LogP contribution in [-0.4, -0.2) is 24.4 Å². The van der Waals surface area contributed by atoms with Gasteiger partial charge in [-0.15, -0.1) is 11.3 Å². The molecule has 0 spiro atoms. The molecule has 1 aromatic carbocycles. The maximum Gasteiger partial charge on any atom is 0.256 e. The monoisotopic (exact) mass is 399 g/mol. The van der Waals surface area contributed by atoms with Gasteiger partial charge in [0.1, 0.15) is 16.5 Å². The highest BCUT2D eigenvalue weighted by molar-refractivity contribution is 7.16. The molecule has 4 heterocycles. The summed E-state index contributed by atoms with van der Waals surface area (Å²) in [7, 11) is 2.11. The molecule has 0 bridgehead atoms. The number of hydrogen-bond donors (Lipinski definition) is 2. The fraction of sp³-hybridized carbons (Fsp3) is 0.250. The number of amides is 1. The number of halogens is 1. The van der Waals surface area contributed by atoms with Gasteiger partial charge in [0.05, 0.1) is 5.56 Å². The molecule has 0 saturated heterocycles. The van der Waals surface area contributed by atoms with E-state index in [4.69, 9.17) is 16.0 Å². The van der Waals surface area contributed by atoms with Gasteiger partial charge in [0, 0.05) is 28.6 Å². The highest BCUT2D eigenvalue weighted by Gasteiger charge is 2.33. The van der Waals surface area contributed by atoms with Crippen molar-refractivity contribution in [2.75, 3.05) is 18.9 Å². The molecule has 2 aliphatic heterocycles. The summed E-state index contributed by atoms with van der Waals surface area (Å²) in [6.45, 7) is 1.88. The molecule has 138 valence electrons. The van der Waals surface area contributed by atoms with Crippen molar-refractivity contribution in [3.63, 3.8) is 0 Å². The van der Waals surface area contributed by atoms with E-state index in [9.17, 15) is 4.79 Å². The zero-order valence-electron chi connectivity index (χ0n) is 14.7. The number of thiophene rings is 1. The first-order valence-corrected chi connectivity index (χ1v) is 10.0. The molecule has 5 rings (SSSR count). The summed E-state index contributed by atoms with van der Waals surface area (Å²) in [4.78, 5) is 16.3. The molecular formula is C20H18ClN3O2S. The van der Waals surface area contributed by atoms with Crippen LogP contribution in [0.1, 0.15) is 32.7 Å². The normalized spacial score (nSPS) is 19.2. The van der Waals surface area contributed by atoms with Gasteiger partial charge in [-0.1, -0.05) is 23.7 Å². The van der Waals surface area contributed by atoms with Gasteiger partial charge in [0.15, 0.2) is 6.17 Å². The number of likely N-dealkylation sites (N-methyl/N-ethyl adjacent to an activating group) is 1. The summed E-state index contributed by atoms with van der Waals surface area (Å²) in [5, 5.41) is 8.07. The van der Waals surface area contributed by atoms with Crippen molar-refractivity contribution in [3.8, 4) is 11.3 Å². The number of nitrogens with one attached hydrogen (secondary N) is 2. The second-order valence-electron chi connectivity index (χ2n) is 6.96. The maximum absolute atomic E-state index is 12.8. The summed E-state index contributed by atoms with van der Waals surface area (Å²) in [5.74, 6) is 1.37. The molecular weight excluding hydrogens is 382 g/mol. The van der Waals surface area contributed by atoms with E-state index in [1.54, 1.807) is 11.3 Å². The van der Waals surface area contributed by atoms with Crippen molar-refractivity contribution < 1.29 is 9.21 Å². The van der Waals surface area contributed by atoms with E-state index in [0.717, 1.165) is 41.4 Å². The molecule has 0 unspecified atom stereocenters. The molecule has 0 saturated carbocycles. The highest BCUT2D eigenvalue weighted by atomic mass is 35.5. The van der Waals surface area contributed by atoms with Crippen molar-refractivity contribution in [2.24, 2.45) is 0 Å². The standard InChI is InChI=1S/C20H18ClN3O2S/c1-24-8-7-13-16(10-24)27-20-17(13)19(25)22-18(23-20)15-6-5-14(26-15)11-3-2-4-12(21)9-11/h2-6,9,18,23H,7-8,10H2,1H3,(H,22,25)/t18-/m1/s1. The Labute approximate surface area is 165 Å². The third-order valence-electron chi connectivity index (χ3n) is 5.05. The first-order chi connectivity index (χ1) is 13.1. The van der Waals surface area contributed by atoms with E-state index in [0.29, 0.717) is 10.8 Å². The van der Waals surface area contributed by atoms with Gasteiger partial charge in [0.2, 0.25) is 0 Å². The number of carbonyl (C=O) groups excluding carboxylic acids is 1. The largest absolute Gasteiger partial charge is 0.457 e. The Morgan fingerprint density at radius 3 is 3.00 bits per heavy atom. The summed E-state index contributed by atoms with van der Waals surface area (Å²) in [6.07, 6.45) is 0.535. The predicted octanol–water partition coefficient (Wildman–Crippen LogP) is 4.50. The SMILES string of the molecule is CN1CCc2c(sc3c2C(=O)N[C@@H](c2ccc(-c4cccc(Cl)c4)o2)N3)C1. The number of rotatable bonds is 2. The lowest BCUT2D eigenvalue weighted by Gasteiger charge is -2.26. The van der Waals surface area contributed by atoms with Gasteiger partial charge in [-0.25, -0.2) is 0 Å². The Morgan fingerprint density at radius 2 is 2.15 bits per heavy atom. The van der Waals surface area contributed by atoms with Gasteiger partial charge in [0.25, 0.3) is 5.91 Å². The molecule has 1 atom stereocenters. The lowest BCUT2D eigenvalue weighted by Crippen LogP contribution is -2.38. The van der Waals surface area contributed by atoms with E-state index in [1.165, 1.54) is 10.4 Å². The third kappa shape index (κ3) is 2.94. The van der Waals surface area contributed by atoms with Crippen LogP contribution in [0, 0.1) is 0 Å². The lowest BCUT2D eigenvalue weighted by atomic mass is 10.0. The van der Waals surface area contributed by atoms with E-state index >= 15 is 0 Å². The predicted molar refractivity (Wildman–Crippen MR) is 107 cm³/mol. The smallest absolute Gasteiger partial charge is 0.256 e. The number of hydrogen-bond acceptors (Lipinski definition) is 5. The molecule has 2 N–H and O–H groups in total. The van der Waals surface area contributed by atoms with Crippen LogP contribution in [-0.2, 0) is 13.0 Å². The summed E-state index contributed by atoms with van der Waals surface area (Å²) in [6, 6.07) is 11.3. The Kier molecular flexibility index (Phi) is 4.00. The third-order valence-corrected chi connectivity index (χ3v) is 6.43.